The molecule has 0 radical (unpaired) electrons. The van der Waals surface area contributed by atoms with E-state index in [1.165, 1.54) is 6.92 Å². The molecule has 0 spiro atoms. The smallest absolute Gasteiger partial charge is 0.330 e. The summed E-state index contributed by atoms with van der Waals surface area (Å²) in [5, 5.41) is 44.2. The molecule has 0 aliphatic heterocycles. The molecule has 0 amide bonds. The van der Waals surface area contributed by atoms with Gasteiger partial charge in [-0.2, -0.15) is 0 Å². The Balaban J connectivity index is -0.0000000414. The monoisotopic (exact) mass is 440 g/mol. The minimum Gasteiger partial charge on any atom is -0.478 e. The number of hydrogen-bond acceptors (Lipinski definition) is 7. The first-order valence-corrected chi connectivity index (χ1v) is 6.50. The van der Waals surface area contributed by atoms with Crippen LogP contribution in [-0.2, 0) is 4.79 Å². The fourth-order valence-corrected chi connectivity index (χ4v) is 0. The fraction of sp³-hybridized carbons (Fsp3) is 0.100. The van der Waals surface area contributed by atoms with Crippen LogP contribution in [0.5, 0.6) is 0 Å². The van der Waals surface area contributed by atoms with E-state index >= 15 is 0 Å². The number of carboxylic acid groups (broad SMARTS) is 1. The van der Waals surface area contributed by atoms with Crippen molar-refractivity contribution in [1.82, 2.24) is 0 Å². The highest BCUT2D eigenvalue weighted by Gasteiger charge is 1.90. The molecule has 0 fully saturated rings. The Labute approximate surface area is 173 Å². The topological polar surface area (TPSA) is 493 Å². The number of nitrogens with two attached hydrogens (primary N) is 12. The predicted octanol–water partition coefficient (Wildman–Crippen LogP) is -6.32. The summed E-state index contributed by atoms with van der Waals surface area (Å²) in [5.41, 5.74) is 53.8. The summed E-state index contributed by atoms with van der Waals surface area (Å²) >= 11 is 0. The van der Waals surface area contributed by atoms with Crippen molar-refractivity contribution < 1.29 is 9.90 Å². The van der Waals surface area contributed by atoms with Gasteiger partial charge in [-0.3, -0.25) is 32.5 Å². The standard InChI is InChI=1S/C4H6O2.6CH5N3/c1-3(2)4(5)6;6*2-1(3)4/h1H2,2H3,(H,5,6);6*(H5,2,3,4). The van der Waals surface area contributed by atoms with Crippen molar-refractivity contribution in [1.29, 1.82) is 32.5 Å². The van der Waals surface area contributed by atoms with E-state index < -0.39 is 5.97 Å². The van der Waals surface area contributed by atoms with Crippen molar-refractivity contribution in [2.45, 2.75) is 6.92 Å². The van der Waals surface area contributed by atoms with E-state index in [1.807, 2.05) is 0 Å². The largest absolute Gasteiger partial charge is 0.478 e. The number of guanidine groups is 6. The molecule has 0 saturated heterocycles. The summed E-state index contributed by atoms with van der Waals surface area (Å²) in [6, 6.07) is 0. The van der Waals surface area contributed by atoms with Crippen LogP contribution in [0.2, 0.25) is 0 Å². The van der Waals surface area contributed by atoms with Gasteiger partial charge in [-0.25, -0.2) is 4.79 Å². The fourth-order valence-electron chi connectivity index (χ4n) is 0. The quantitative estimate of drug-likeness (QED) is 0.102. The number of aliphatic carboxylic acids is 1. The van der Waals surface area contributed by atoms with Crippen LogP contribution in [-0.4, -0.2) is 46.8 Å². The van der Waals surface area contributed by atoms with Crippen LogP contribution in [0.15, 0.2) is 12.2 Å². The second-order valence-electron chi connectivity index (χ2n) is 3.82. The van der Waals surface area contributed by atoms with Crippen molar-refractivity contribution >= 4 is 41.7 Å². The molecule has 0 aromatic carbocycles. The molecule has 0 rings (SSSR count). The second kappa shape index (κ2) is 35.0. The Kier molecular flexibility index (Phi) is 51.8. The lowest BCUT2D eigenvalue weighted by molar-refractivity contribution is -0.132. The van der Waals surface area contributed by atoms with Gasteiger partial charge in [-0.15, -0.1) is 0 Å². The number of carbonyl (C=O) groups is 1. The molecule has 0 heterocycles. The predicted molar refractivity (Wildman–Crippen MR) is 119 cm³/mol. The maximum atomic E-state index is 9.60. The molecule has 31 N–H and O–H groups in total. The van der Waals surface area contributed by atoms with Gasteiger partial charge in [0.25, 0.3) is 0 Å². The third-order valence-electron chi connectivity index (χ3n) is 0.365. The van der Waals surface area contributed by atoms with Gasteiger partial charge in [-0.1, -0.05) is 6.58 Å². The third kappa shape index (κ3) is 7950. The highest BCUT2D eigenvalue weighted by atomic mass is 16.4. The molecule has 20 heteroatoms. The maximum Gasteiger partial charge on any atom is 0.330 e. The van der Waals surface area contributed by atoms with Gasteiger partial charge in [0.2, 0.25) is 0 Å². The van der Waals surface area contributed by atoms with Gasteiger partial charge in [0, 0.05) is 5.57 Å². The normalized spacial score (nSPS) is 6.30. The van der Waals surface area contributed by atoms with E-state index in [0.717, 1.165) is 0 Å². The Morgan fingerprint density at radius 2 is 0.567 bits per heavy atom. The van der Waals surface area contributed by atoms with Crippen molar-refractivity contribution in [3.05, 3.63) is 12.2 Å². The van der Waals surface area contributed by atoms with E-state index in [-0.39, 0.29) is 41.3 Å². The summed E-state index contributed by atoms with van der Waals surface area (Å²) in [5.74, 6) is -2.94. The average molecular weight is 441 g/mol. The number of rotatable bonds is 1. The molecule has 20 nitrogen and oxygen atoms in total. The molecule has 0 aromatic heterocycles. The zero-order valence-electron chi connectivity index (χ0n) is 16.5. The molecular formula is C10H36N18O2. The minimum absolute atomic E-state index is 0.176. The second-order valence-corrected chi connectivity index (χ2v) is 3.82. The van der Waals surface area contributed by atoms with Gasteiger partial charge in [0.15, 0.2) is 35.8 Å². The zero-order chi connectivity index (χ0) is 26.6. The van der Waals surface area contributed by atoms with Crippen LogP contribution >= 0.6 is 0 Å². The van der Waals surface area contributed by atoms with Crippen LogP contribution in [0, 0.1) is 32.5 Å². The Bertz CT molecular complexity index is 412. The first-order chi connectivity index (χ1) is 13.0. The van der Waals surface area contributed by atoms with Gasteiger partial charge >= 0.3 is 5.97 Å². The maximum absolute atomic E-state index is 9.60. The van der Waals surface area contributed by atoms with E-state index in [4.69, 9.17) is 37.6 Å². The first kappa shape index (κ1) is 44.4. The first-order valence-electron chi connectivity index (χ1n) is 6.50. The van der Waals surface area contributed by atoms with Gasteiger partial charge in [-0.05, 0) is 6.92 Å². The Morgan fingerprint density at radius 1 is 0.533 bits per heavy atom. The highest BCUT2D eigenvalue weighted by Crippen LogP contribution is 1.81. The lowest BCUT2D eigenvalue weighted by Crippen LogP contribution is -2.20. The summed E-state index contributed by atoms with van der Waals surface area (Å²) in [7, 11) is 0. The molecule has 0 bridgehead atoms. The summed E-state index contributed by atoms with van der Waals surface area (Å²) < 4.78 is 0. The molecule has 0 aliphatic carbocycles. The molecule has 178 valence electrons. The lowest BCUT2D eigenvalue weighted by Gasteiger charge is -1.79. The minimum atomic E-state index is -0.935. The van der Waals surface area contributed by atoms with Crippen LogP contribution in [0.3, 0.4) is 0 Å². The summed E-state index contributed by atoms with van der Waals surface area (Å²) in [4.78, 5) is 9.60. The number of nitrogens with one attached hydrogen (secondary N) is 6. The molecule has 0 atom stereocenters. The lowest BCUT2D eigenvalue weighted by atomic mass is 10.4. The molecule has 30 heavy (non-hydrogen) atoms. The third-order valence-corrected chi connectivity index (χ3v) is 0.365. The van der Waals surface area contributed by atoms with E-state index in [0.29, 0.717) is 0 Å². The zero-order valence-corrected chi connectivity index (χ0v) is 16.5. The van der Waals surface area contributed by atoms with E-state index in [1.54, 1.807) is 0 Å². The average Bonchev–Trinajstić information content (AvgIpc) is 2.33. The van der Waals surface area contributed by atoms with Crippen LogP contribution in [0.25, 0.3) is 0 Å². The van der Waals surface area contributed by atoms with Crippen molar-refractivity contribution in [3.8, 4) is 0 Å². The van der Waals surface area contributed by atoms with Gasteiger partial charge in [0.05, 0.1) is 0 Å². The van der Waals surface area contributed by atoms with Crippen LogP contribution in [0.4, 0.5) is 0 Å². The van der Waals surface area contributed by atoms with Crippen molar-refractivity contribution in [2.24, 2.45) is 68.8 Å². The van der Waals surface area contributed by atoms with Crippen LogP contribution < -0.4 is 68.8 Å². The Hall–Kier alpha value is -5.17. The van der Waals surface area contributed by atoms with Crippen molar-refractivity contribution in [2.75, 3.05) is 0 Å². The molecule has 0 unspecified atom stereocenters. The SMILES string of the molecule is C=C(C)C(=O)O.N=C(N)N.N=C(N)N.N=C(N)N.N=C(N)N.N=C(N)N.N=C(N)N. The number of carboxylic acids is 1. The van der Waals surface area contributed by atoms with Crippen LogP contribution in [0.1, 0.15) is 6.92 Å². The van der Waals surface area contributed by atoms with Gasteiger partial charge < -0.3 is 73.9 Å². The Morgan fingerprint density at radius 3 is 0.567 bits per heavy atom. The molecule has 0 aromatic rings. The molecular weight excluding hydrogens is 404 g/mol. The highest BCUT2D eigenvalue weighted by molar-refractivity contribution is 5.84. The summed E-state index contributed by atoms with van der Waals surface area (Å²) in [6.07, 6.45) is 0. The van der Waals surface area contributed by atoms with E-state index in [2.05, 4.69) is 75.4 Å². The van der Waals surface area contributed by atoms with Crippen molar-refractivity contribution in [3.63, 3.8) is 0 Å². The van der Waals surface area contributed by atoms with E-state index in [9.17, 15) is 4.79 Å². The summed E-state index contributed by atoms with van der Waals surface area (Å²) in [6.45, 7) is 4.60. The number of hydrogen-bond donors (Lipinski definition) is 19. The molecule has 0 aliphatic rings. The van der Waals surface area contributed by atoms with Gasteiger partial charge in [0.1, 0.15) is 0 Å². The molecule has 0 saturated carbocycles.